The molecule has 0 unspecified atom stereocenters. The number of carbonyl (C=O) groups excluding carboxylic acids is 2. The van der Waals surface area contributed by atoms with Crippen LogP contribution >= 0.6 is 0 Å². The Morgan fingerprint density at radius 2 is 1.84 bits per heavy atom. The smallest absolute Gasteiger partial charge is 0.357 e. The molecule has 5 nitrogen and oxygen atoms in total. The fourth-order valence-corrected chi connectivity index (χ4v) is 1.45. The summed E-state index contributed by atoms with van der Waals surface area (Å²) in [7, 11) is 0. The maximum Gasteiger partial charge on any atom is 0.357 e. The average Bonchev–Trinajstić information content (AvgIpc) is 2.36. The Hall–Kier alpha value is -2.30. The predicted molar refractivity (Wildman–Crippen MR) is 72.0 cm³/mol. The Morgan fingerprint density at radius 1 is 1.21 bits per heavy atom. The first-order valence-corrected chi connectivity index (χ1v) is 6.00. The minimum absolute atomic E-state index is 0.225. The summed E-state index contributed by atoms with van der Waals surface area (Å²) < 4.78 is 0. The van der Waals surface area contributed by atoms with Crippen molar-refractivity contribution >= 4 is 11.9 Å². The number of hydrogen-bond donors (Lipinski definition) is 2. The molecule has 0 saturated heterocycles. The van der Waals surface area contributed by atoms with Gasteiger partial charge in [-0.1, -0.05) is 18.2 Å². The zero-order chi connectivity index (χ0) is 14.3. The number of nitrogens with one attached hydrogen (secondary N) is 2. The second-order valence-corrected chi connectivity index (χ2v) is 4.34. The molecule has 1 rings (SSSR count). The van der Waals surface area contributed by atoms with Gasteiger partial charge in [0.05, 0.1) is 0 Å². The summed E-state index contributed by atoms with van der Waals surface area (Å²) in [5, 5.41) is 3.04. The second-order valence-electron chi connectivity index (χ2n) is 4.34. The van der Waals surface area contributed by atoms with Crippen molar-refractivity contribution in [3.63, 3.8) is 0 Å². The van der Waals surface area contributed by atoms with Crippen LogP contribution in [-0.2, 0) is 9.63 Å². The van der Waals surface area contributed by atoms with E-state index in [1.807, 2.05) is 13.8 Å². The second kappa shape index (κ2) is 7.20. The van der Waals surface area contributed by atoms with Crippen molar-refractivity contribution in [2.75, 3.05) is 0 Å². The van der Waals surface area contributed by atoms with Crippen LogP contribution < -0.4 is 10.8 Å². The van der Waals surface area contributed by atoms with Gasteiger partial charge in [-0.15, -0.1) is 0 Å². The molecule has 0 spiro atoms. The number of hydrogen-bond acceptors (Lipinski definition) is 4. The largest absolute Gasteiger partial charge is 0.386 e. The number of allylic oxidation sites excluding steroid dienone is 1. The van der Waals surface area contributed by atoms with Gasteiger partial charge in [0.25, 0.3) is 5.91 Å². The van der Waals surface area contributed by atoms with E-state index >= 15 is 0 Å². The number of hydroxylamine groups is 1. The van der Waals surface area contributed by atoms with Crippen LogP contribution in [0.3, 0.4) is 0 Å². The first-order valence-electron chi connectivity index (χ1n) is 6.00. The summed E-state index contributed by atoms with van der Waals surface area (Å²) in [5.41, 5.74) is 3.20. The van der Waals surface area contributed by atoms with Gasteiger partial charge in [-0.2, -0.15) is 5.48 Å². The lowest BCUT2D eigenvalue weighted by Crippen LogP contribution is -2.27. The van der Waals surface area contributed by atoms with Gasteiger partial charge < -0.3 is 10.2 Å². The lowest BCUT2D eigenvalue weighted by Gasteiger charge is -2.09. The molecule has 5 heteroatoms. The van der Waals surface area contributed by atoms with Gasteiger partial charge in [0.1, 0.15) is 0 Å². The van der Waals surface area contributed by atoms with Gasteiger partial charge in [-0.3, -0.25) is 4.79 Å². The van der Waals surface area contributed by atoms with Crippen LogP contribution in [0, 0.1) is 0 Å². The lowest BCUT2D eigenvalue weighted by molar-refractivity contribution is -0.142. The minimum atomic E-state index is -0.630. The highest BCUT2D eigenvalue weighted by molar-refractivity contribution is 5.94. The van der Waals surface area contributed by atoms with Gasteiger partial charge in [0.2, 0.25) is 0 Å². The molecule has 0 atom stereocenters. The maximum atomic E-state index is 11.6. The average molecular weight is 262 g/mol. The van der Waals surface area contributed by atoms with Crippen LogP contribution in [0.25, 0.3) is 0 Å². The molecule has 1 aromatic rings. The summed E-state index contributed by atoms with van der Waals surface area (Å²) in [6.07, 6.45) is 1.28. The minimum Gasteiger partial charge on any atom is -0.386 e. The number of carbonyl (C=O) groups is 2. The van der Waals surface area contributed by atoms with Crippen LogP contribution in [0.1, 0.15) is 31.1 Å². The Balaban J connectivity index is 2.45. The number of benzene rings is 1. The van der Waals surface area contributed by atoms with Crippen molar-refractivity contribution in [3.05, 3.63) is 47.7 Å². The van der Waals surface area contributed by atoms with Crippen LogP contribution in [0.4, 0.5) is 0 Å². The Kier molecular flexibility index (Phi) is 5.60. The van der Waals surface area contributed by atoms with Gasteiger partial charge in [0.15, 0.2) is 0 Å². The predicted octanol–water partition coefficient (Wildman–Crippen LogP) is 1.78. The van der Waals surface area contributed by atoms with Crippen LogP contribution in [0.15, 0.2) is 42.1 Å². The summed E-state index contributed by atoms with van der Waals surface area (Å²) in [4.78, 5) is 27.7. The van der Waals surface area contributed by atoms with Gasteiger partial charge in [-0.05, 0) is 32.9 Å². The molecule has 0 bridgehead atoms. The van der Waals surface area contributed by atoms with Gasteiger partial charge in [0, 0.05) is 23.4 Å². The van der Waals surface area contributed by atoms with Crippen molar-refractivity contribution in [3.8, 4) is 0 Å². The molecule has 102 valence electrons. The Bertz CT molecular complexity index is 467. The van der Waals surface area contributed by atoms with E-state index in [9.17, 15) is 9.59 Å². The van der Waals surface area contributed by atoms with E-state index in [0.717, 1.165) is 0 Å². The fraction of sp³-hybridized carbons (Fsp3) is 0.286. The molecule has 0 aliphatic carbocycles. The number of rotatable bonds is 4. The van der Waals surface area contributed by atoms with E-state index in [1.165, 1.54) is 6.08 Å². The highest BCUT2D eigenvalue weighted by Gasteiger charge is 2.07. The zero-order valence-electron chi connectivity index (χ0n) is 11.3. The van der Waals surface area contributed by atoms with Gasteiger partial charge in [-0.25, -0.2) is 4.79 Å². The summed E-state index contributed by atoms with van der Waals surface area (Å²) in [6, 6.07) is 8.74. The van der Waals surface area contributed by atoms with Crippen molar-refractivity contribution in [1.29, 1.82) is 0 Å². The lowest BCUT2D eigenvalue weighted by atomic mass is 10.2. The van der Waals surface area contributed by atoms with Gasteiger partial charge >= 0.3 is 5.97 Å². The van der Waals surface area contributed by atoms with Crippen molar-refractivity contribution in [1.82, 2.24) is 10.8 Å². The van der Waals surface area contributed by atoms with E-state index in [-0.39, 0.29) is 6.04 Å². The zero-order valence-corrected chi connectivity index (χ0v) is 11.3. The maximum absolute atomic E-state index is 11.6. The van der Waals surface area contributed by atoms with E-state index in [2.05, 4.69) is 15.6 Å². The van der Waals surface area contributed by atoms with E-state index < -0.39 is 11.9 Å². The number of amides is 1. The van der Waals surface area contributed by atoms with E-state index in [4.69, 9.17) is 0 Å². The quantitative estimate of drug-likeness (QED) is 0.641. The third kappa shape index (κ3) is 5.72. The monoisotopic (exact) mass is 262 g/mol. The molecular weight excluding hydrogens is 244 g/mol. The van der Waals surface area contributed by atoms with Crippen molar-refractivity contribution in [2.24, 2.45) is 0 Å². The molecule has 0 aromatic heterocycles. The molecule has 0 radical (unpaired) electrons. The highest BCUT2D eigenvalue weighted by atomic mass is 16.7. The summed E-state index contributed by atoms with van der Waals surface area (Å²) >= 11 is 0. The molecule has 0 aliphatic rings. The van der Waals surface area contributed by atoms with Crippen LogP contribution in [0.5, 0.6) is 0 Å². The fourth-order valence-electron chi connectivity index (χ4n) is 1.45. The SMILES string of the molecule is CC(=CC(=O)ONC(=O)c1ccccc1)NC(C)C. The molecule has 0 saturated carbocycles. The first kappa shape index (κ1) is 14.8. The van der Waals surface area contributed by atoms with E-state index in [1.54, 1.807) is 37.3 Å². The summed E-state index contributed by atoms with van der Waals surface area (Å²) in [5.74, 6) is -1.09. The third-order valence-electron chi connectivity index (χ3n) is 2.13. The molecule has 2 N–H and O–H groups in total. The van der Waals surface area contributed by atoms with Crippen LogP contribution in [0.2, 0.25) is 0 Å². The molecule has 0 fully saturated rings. The standard InChI is InChI=1S/C14H18N2O3/c1-10(2)15-11(3)9-13(17)19-16-14(18)12-7-5-4-6-8-12/h4-10,15H,1-3H3,(H,16,18). The first-order chi connectivity index (χ1) is 8.99. The molecule has 1 amide bonds. The summed E-state index contributed by atoms with van der Waals surface area (Å²) in [6.45, 7) is 5.67. The van der Waals surface area contributed by atoms with Crippen LogP contribution in [-0.4, -0.2) is 17.9 Å². The Labute approximate surface area is 112 Å². The van der Waals surface area contributed by atoms with E-state index in [0.29, 0.717) is 11.3 Å². The van der Waals surface area contributed by atoms with Crippen molar-refractivity contribution < 1.29 is 14.4 Å². The molecular formula is C14H18N2O3. The molecule has 19 heavy (non-hydrogen) atoms. The highest BCUT2D eigenvalue weighted by Crippen LogP contribution is 1.98. The third-order valence-corrected chi connectivity index (χ3v) is 2.13. The normalized spacial score (nSPS) is 11.1. The Morgan fingerprint density at radius 3 is 2.42 bits per heavy atom. The molecule has 1 aromatic carbocycles. The molecule has 0 aliphatic heterocycles. The van der Waals surface area contributed by atoms with Crippen molar-refractivity contribution in [2.45, 2.75) is 26.8 Å². The topological polar surface area (TPSA) is 67.4 Å². The molecule has 0 heterocycles.